The third-order valence-electron chi connectivity index (χ3n) is 2.27. The number of nitrogens with zero attached hydrogens (tertiary/aromatic N) is 5. The van der Waals surface area contributed by atoms with Crippen LogP contribution in [-0.4, -0.2) is 25.1 Å². The maximum atomic E-state index is 5.65. The molecule has 0 bridgehead atoms. The molecule has 3 heterocycles. The molecule has 18 heavy (non-hydrogen) atoms. The van der Waals surface area contributed by atoms with Gasteiger partial charge < -0.3 is 4.52 Å². The second-order valence-electron chi connectivity index (χ2n) is 3.56. The Morgan fingerprint density at radius 1 is 1.44 bits per heavy atom. The Morgan fingerprint density at radius 2 is 2.39 bits per heavy atom. The van der Waals surface area contributed by atoms with Gasteiger partial charge >= 0.3 is 0 Å². The minimum Gasteiger partial charge on any atom is -0.337 e. The van der Waals surface area contributed by atoms with Crippen LogP contribution in [0.3, 0.4) is 0 Å². The third-order valence-corrected chi connectivity index (χ3v) is 3.22. The van der Waals surface area contributed by atoms with Crippen molar-refractivity contribution in [2.45, 2.75) is 12.4 Å². The van der Waals surface area contributed by atoms with Crippen molar-refractivity contribution in [3.8, 4) is 11.4 Å². The SMILES string of the molecule is ClCc1cn(Cc2nc(-c3ccsc3)no2)nn1. The quantitative estimate of drug-likeness (QED) is 0.686. The van der Waals surface area contributed by atoms with Gasteiger partial charge in [-0.1, -0.05) is 10.4 Å². The van der Waals surface area contributed by atoms with Crippen molar-refractivity contribution in [2.75, 3.05) is 0 Å². The molecule has 0 aliphatic rings. The minimum atomic E-state index is 0.337. The first kappa shape index (κ1) is 11.4. The van der Waals surface area contributed by atoms with Crippen LogP contribution in [0, 0.1) is 0 Å². The third kappa shape index (κ3) is 2.27. The zero-order valence-electron chi connectivity index (χ0n) is 9.15. The van der Waals surface area contributed by atoms with Crippen LogP contribution in [0.2, 0.25) is 0 Å². The Balaban J connectivity index is 1.77. The van der Waals surface area contributed by atoms with E-state index in [0.717, 1.165) is 5.56 Å². The van der Waals surface area contributed by atoms with E-state index in [-0.39, 0.29) is 0 Å². The molecule has 0 aliphatic heterocycles. The van der Waals surface area contributed by atoms with Gasteiger partial charge in [0, 0.05) is 10.9 Å². The minimum absolute atomic E-state index is 0.337. The lowest BCUT2D eigenvalue weighted by Gasteiger charge is -1.91. The second-order valence-corrected chi connectivity index (χ2v) is 4.61. The molecule has 0 spiro atoms. The highest BCUT2D eigenvalue weighted by atomic mass is 35.5. The van der Waals surface area contributed by atoms with Crippen LogP contribution in [0.15, 0.2) is 27.5 Å². The van der Waals surface area contributed by atoms with Crippen molar-refractivity contribution >= 4 is 22.9 Å². The first-order valence-corrected chi connectivity index (χ1v) is 6.63. The Morgan fingerprint density at radius 3 is 3.11 bits per heavy atom. The summed E-state index contributed by atoms with van der Waals surface area (Å²) in [6.07, 6.45) is 1.75. The lowest BCUT2D eigenvalue weighted by Crippen LogP contribution is -2.00. The lowest BCUT2D eigenvalue weighted by atomic mass is 10.3. The van der Waals surface area contributed by atoms with Gasteiger partial charge in [-0.2, -0.15) is 16.3 Å². The first-order chi connectivity index (χ1) is 8.85. The van der Waals surface area contributed by atoms with Gasteiger partial charge in [-0.25, -0.2) is 4.68 Å². The van der Waals surface area contributed by atoms with Gasteiger partial charge in [-0.05, 0) is 11.4 Å². The number of rotatable bonds is 4. The number of hydrogen-bond donors (Lipinski definition) is 0. The van der Waals surface area contributed by atoms with E-state index in [0.29, 0.717) is 29.8 Å². The molecule has 0 aliphatic carbocycles. The van der Waals surface area contributed by atoms with Crippen LogP contribution in [0.5, 0.6) is 0 Å². The van der Waals surface area contributed by atoms with E-state index in [1.165, 1.54) is 0 Å². The second kappa shape index (κ2) is 4.87. The maximum absolute atomic E-state index is 5.65. The molecule has 6 nitrogen and oxygen atoms in total. The van der Waals surface area contributed by atoms with Gasteiger partial charge in [0.15, 0.2) is 0 Å². The van der Waals surface area contributed by atoms with Crippen LogP contribution in [0.25, 0.3) is 11.4 Å². The summed E-state index contributed by atoms with van der Waals surface area (Å²) in [7, 11) is 0. The lowest BCUT2D eigenvalue weighted by molar-refractivity contribution is 0.364. The smallest absolute Gasteiger partial charge is 0.248 e. The summed E-state index contributed by atoms with van der Waals surface area (Å²) in [6.45, 7) is 0.390. The van der Waals surface area contributed by atoms with Crippen molar-refractivity contribution in [3.05, 3.63) is 34.6 Å². The molecule has 0 saturated carbocycles. The number of aromatic nitrogens is 5. The van der Waals surface area contributed by atoms with E-state index in [1.54, 1.807) is 22.2 Å². The number of halogens is 1. The molecule has 3 aromatic heterocycles. The molecule has 8 heteroatoms. The van der Waals surface area contributed by atoms with Crippen LogP contribution in [0.4, 0.5) is 0 Å². The molecule has 0 radical (unpaired) electrons. The zero-order valence-corrected chi connectivity index (χ0v) is 10.7. The summed E-state index contributed by atoms with van der Waals surface area (Å²) in [5, 5.41) is 15.6. The van der Waals surface area contributed by atoms with E-state index in [9.17, 15) is 0 Å². The molecule has 0 unspecified atom stereocenters. The molecule has 0 atom stereocenters. The van der Waals surface area contributed by atoms with Gasteiger partial charge in [-0.15, -0.1) is 16.7 Å². The van der Waals surface area contributed by atoms with Gasteiger partial charge in [-0.3, -0.25) is 0 Å². The van der Waals surface area contributed by atoms with E-state index < -0.39 is 0 Å². The van der Waals surface area contributed by atoms with E-state index >= 15 is 0 Å². The summed E-state index contributed by atoms with van der Waals surface area (Å²) < 4.78 is 6.77. The Kier molecular flexibility index (Phi) is 3.07. The Labute approximate surface area is 111 Å². The van der Waals surface area contributed by atoms with Crippen molar-refractivity contribution in [1.29, 1.82) is 0 Å². The van der Waals surface area contributed by atoms with E-state index in [4.69, 9.17) is 16.1 Å². The van der Waals surface area contributed by atoms with E-state index in [1.807, 2.05) is 16.8 Å². The summed E-state index contributed by atoms with van der Waals surface area (Å²) in [5.74, 6) is 1.41. The summed E-state index contributed by atoms with van der Waals surface area (Å²) in [4.78, 5) is 4.29. The highest BCUT2D eigenvalue weighted by Crippen LogP contribution is 2.18. The molecular formula is C10H8ClN5OS. The van der Waals surface area contributed by atoms with Crippen molar-refractivity contribution < 1.29 is 4.52 Å². The average Bonchev–Trinajstić information content (AvgIpc) is 3.10. The number of hydrogen-bond acceptors (Lipinski definition) is 6. The van der Waals surface area contributed by atoms with Gasteiger partial charge in [0.1, 0.15) is 6.54 Å². The molecule has 92 valence electrons. The maximum Gasteiger partial charge on any atom is 0.248 e. The molecule has 0 N–H and O–H groups in total. The topological polar surface area (TPSA) is 69.6 Å². The predicted molar refractivity (Wildman–Crippen MR) is 66.3 cm³/mol. The standard InChI is InChI=1S/C10H8ClN5OS/c11-3-8-4-16(15-13-8)5-9-12-10(14-17-9)7-1-2-18-6-7/h1-2,4,6H,3,5H2. The van der Waals surface area contributed by atoms with Gasteiger partial charge in [0.2, 0.25) is 11.7 Å². The van der Waals surface area contributed by atoms with Gasteiger partial charge in [0.05, 0.1) is 17.8 Å². The molecule has 0 aromatic carbocycles. The normalized spacial score (nSPS) is 10.9. The molecule has 3 aromatic rings. The van der Waals surface area contributed by atoms with Crippen LogP contribution >= 0.6 is 22.9 Å². The number of alkyl halides is 1. The summed E-state index contributed by atoms with van der Waals surface area (Å²) in [6, 6.07) is 1.94. The van der Waals surface area contributed by atoms with Crippen LogP contribution in [0.1, 0.15) is 11.6 Å². The Hall–Kier alpha value is -1.73. The molecule has 3 rings (SSSR count). The average molecular weight is 282 g/mol. The van der Waals surface area contributed by atoms with Crippen LogP contribution < -0.4 is 0 Å². The van der Waals surface area contributed by atoms with Gasteiger partial charge in [0.25, 0.3) is 0 Å². The molecular weight excluding hydrogens is 274 g/mol. The monoisotopic (exact) mass is 281 g/mol. The Bertz CT molecular complexity index is 632. The first-order valence-electron chi connectivity index (χ1n) is 5.15. The fraction of sp³-hybridized carbons (Fsp3) is 0.200. The highest BCUT2D eigenvalue weighted by molar-refractivity contribution is 7.08. The summed E-state index contributed by atoms with van der Waals surface area (Å²) in [5.41, 5.74) is 1.67. The predicted octanol–water partition coefficient (Wildman–Crippen LogP) is 2.18. The summed E-state index contributed by atoms with van der Waals surface area (Å²) >= 11 is 7.24. The molecule has 0 fully saturated rings. The van der Waals surface area contributed by atoms with Crippen molar-refractivity contribution in [2.24, 2.45) is 0 Å². The highest BCUT2D eigenvalue weighted by Gasteiger charge is 2.10. The van der Waals surface area contributed by atoms with Crippen molar-refractivity contribution in [3.63, 3.8) is 0 Å². The zero-order chi connectivity index (χ0) is 12.4. The van der Waals surface area contributed by atoms with E-state index in [2.05, 4.69) is 20.5 Å². The fourth-order valence-electron chi connectivity index (χ4n) is 1.44. The molecule has 0 amide bonds. The fourth-order valence-corrected chi connectivity index (χ4v) is 2.20. The number of thiophene rings is 1. The molecule has 0 saturated heterocycles. The van der Waals surface area contributed by atoms with Crippen LogP contribution in [-0.2, 0) is 12.4 Å². The largest absolute Gasteiger partial charge is 0.337 e. The van der Waals surface area contributed by atoms with Crippen molar-refractivity contribution in [1.82, 2.24) is 25.1 Å².